The van der Waals surface area contributed by atoms with Crippen molar-refractivity contribution in [1.82, 2.24) is 0 Å². The highest BCUT2D eigenvalue weighted by Gasteiger charge is 2.37. The zero-order valence-electron chi connectivity index (χ0n) is 12.1. The van der Waals surface area contributed by atoms with E-state index in [1.165, 1.54) is 5.56 Å². The molecule has 0 radical (unpaired) electrons. The summed E-state index contributed by atoms with van der Waals surface area (Å²) in [5, 5.41) is 9.62. The second-order valence-corrected chi connectivity index (χ2v) is 5.38. The summed E-state index contributed by atoms with van der Waals surface area (Å²) in [6.07, 6.45) is 2.87. The Kier molecular flexibility index (Phi) is 4.70. The lowest BCUT2D eigenvalue weighted by molar-refractivity contribution is 0.0116. The molecule has 0 amide bonds. The van der Waals surface area contributed by atoms with Crippen molar-refractivity contribution >= 4 is 0 Å². The summed E-state index contributed by atoms with van der Waals surface area (Å²) >= 11 is 0. The van der Waals surface area contributed by atoms with Crippen LogP contribution in [0.15, 0.2) is 18.2 Å². The topological polar surface area (TPSA) is 38.7 Å². The number of unbranched alkanes of at least 4 members (excludes halogenated alkanes) is 1. The summed E-state index contributed by atoms with van der Waals surface area (Å²) in [6, 6.07) is 6.13. The van der Waals surface area contributed by atoms with Crippen molar-refractivity contribution in [3.8, 4) is 11.5 Å². The van der Waals surface area contributed by atoms with Crippen LogP contribution in [0.5, 0.6) is 11.5 Å². The van der Waals surface area contributed by atoms with Gasteiger partial charge in [-0.3, -0.25) is 0 Å². The van der Waals surface area contributed by atoms with E-state index in [2.05, 4.69) is 19.9 Å². The minimum atomic E-state index is -0.156. The van der Waals surface area contributed by atoms with Gasteiger partial charge in [-0.15, -0.1) is 0 Å². The Hall–Kier alpha value is -1.22. The number of hydrogen-bond acceptors (Lipinski definition) is 3. The molecule has 0 saturated heterocycles. The third-order valence-electron chi connectivity index (χ3n) is 4.11. The first kappa shape index (κ1) is 14.2. The van der Waals surface area contributed by atoms with Gasteiger partial charge in [0, 0.05) is 0 Å². The van der Waals surface area contributed by atoms with Gasteiger partial charge in [-0.05, 0) is 42.4 Å². The molecule has 1 N–H and O–H groups in total. The highest BCUT2D eigenvalue weighted by Crippen LogP contribution is 2.44. The van der Waals surface area contributed by atoms with Crippen LogP contribution < -0.4 is 9.47 Å². The highest BCUT2D eigenvalue weighted by atomic mass is 16.5. The van der Waals surface area contributed by atoms with E-state index < -0.39 is 0 Å². The van der Waals surface area contributed by atoms with Gasteiger partial charge in [-0.2, -0.15) is 0 Å². The van der Waals surface area contributed by atoms with Crippen LogP contribution in [0.2, 0.25) is 0 Å². The molecule has 19 heavy (non-hydrogen) atoms. The Morgan fingerprint density at radius 2 is 2.11 bits per heavy atom. The first-order valence-corrected chi connectivity index (χ1v) is 7.16. The largest absolute Gasteiger partial charge is 0.493 e. The smallest absolute Gasteiger partial charge is 0.161 e. The lowest BCUT2D eigenvalue weighted by Crippen LogP contribution is -2.37. The van der Waals surface area contributed by atoms with E-state index in [1.807, 2.05) is 12.1 Å². The lowest BCUT2D eigenvalue weighted by Gasteiger charge is -2.39. The van der Waals surface area contributed by atoms with E-state index >= 15 is 0 Å². The molecule has 3 unspecified atom stereocenters. The molecule has 0 aliphatic heterocycles. The van der Waals surface area contributed by atoms with Gasteiger partial charge in [0.2, 0.25) is 0 Å². The van der Waals surface area contributed by atoms with Gasteiger partial charge in [-0.25, -0.2) is 0 Å². The Morgan fingerprint density at radius 3 is 2.68 bits per heavy atom. The van der Waals surface area contributed by atoms with E-state index in [-0.39, 0.29) is 6.10 Å². The van der Waals surface area contributed by atoms with E-state index in [9.17, 15) is 5.11 Å². The molecule has 0 heterocycles. The van der Waals surface area contributed by atoms with Crippen LogP contribution >= 0.6 is 0 Å². The van der Waals surface area contributed by atoms with Crippen LogP contribution in [0.25, 0.3) is 0 Å². The molecular weight excluding hydrogens is 240 g/mol. The molecule has 1 aliphatic rings. The summed E-state index contributed by atoms with van der Waals surface area (Å²) in [5.74, 6) is 2.37. The first-order valence-electron chi connectivity index (χ1n) is 7.16. The molecule has 2 rings (SSSR count). The predicted octanol–water partition coefficient (Wildman–Crippen LogP) is 3.36. The van der Waals surface area contributed by atoms with Crippen molar-refractivity contribution < 1.29 is 14.6 Å². The van der Waals surface area contributed by atoms with Crippen molar-refractivity contribution in [1.29, 1.82) is 0 Å². The first-order chi connectivity index (χ1) is 9.17. The number of aliphatic hydroxyl groups is 1. The molecule has 106 valence electrons. The molecule has 0 aromatic heterocycles. The summed E-state index contributed by atoms with van der Waals surface area (Å²) in [6.45, 7) is 4.97. The van der Waals surface area contributed by atoms with E-state index in [1.54, 1.807) is 7.11 Å². The SMILES string of the molecule is CCCCOc1ccc(C2CC(O)C2C)cc1OC. The van der Waals surface area contributed by atoms with Crippen LogP contribution in [0, 0.1) is 5.92 Å². The fourth-order valence-corrected chi connectivity index (χ4v) is 2.56. The van der Waals surface area contributed by atoms with Gasteiger partial charge in [-0.1, -0.05) is 26.3 Å². The minimum absolute atomic E-state index is 0.156. The van der Waals surface area contributed by atoms with Crippen molar-refractivity contribution in [2.75, 3.05) is 13.7 Å². The number of ether oxygens (including phenoxy) is 2. The van der Waals surface area contributed by atoms with E-state index in [0.717, 1.165) is 37.4 Å². The Labute approximate surface area is 115 Å². The lowest BCUT2D eigenvalue weighted by atomic mass is 9.69. The summed E-state index contributed by atoms with van der Waals surface area (Å²) in [7, 11) is 1.67. The van der Waals surface area contributed by atoms with Gasteiger partial charge in [0.05, 0.1) is 19.8 Å². The Bertz CT molecular complexity index is 416. The van der Waals surface area contributed by atoms with E-state index in [0.29, 0.717) is 11.8 Å². The second-order valence-electron chi connectivity index (χ2n) is 5.38. The minimum Gasteiger partial charge on any atom is -0.493 e. The number of rotatable bonds is 6. The van der Waals surface area contributed by atoms with Crippen LogP contribution in [-0.2, 0) is 0 Å². The summed E-state index contributed by atoms with van der Waals surface area (Å²) < 4.78 is 11.1. The standard InChI is InChI=1S/C16H24O3/c1-4-5-8-19-15-7-6-12(9-16(15)18-3)13-10-14(17)11(13)2/h6-7,9,11,13-14,17H,4-5,8,10H2,1-3H3. The molecule has 1 saturated carbocycles. The number of methoxy groups -OCH3 is 1. The fourth-order valence-electron chi connectivity index (χ4n) is 2.56. The molecule has 3 atom stereocenters. The molecule has 3 nitrogen and oxygen atoms in total. The average Bonchev–Trinajstić information content (AvgIpc) is 2.45. The predicted molar refractivity (Wildman–Crippen MR) is 75.9 cm³/mol. The molecular formula is C16H24O3. The monoisotopic (exact) mass is 264 g/mol. The van der Waals surface area contributed by atoms with Crippen molar-refractivity contribution in [3.63, 3.8) is 0 Å². The number of hydrogen-bond donors (Lipinski definition) is 1. The van der Waals surface area contributed by atoms with Gasteiger partial charge in [0.1, 0.15) is 0 Å². The molecule has 1 fully saturated rings. The van der Waals surface area contributed by atoms with E-state index in [4.69, 9.17) is 9.47 Å². The fraction of sp³-hybridized carbons (Fsp3) is 0.625. The number of benzene rings is 1. The van der Waals surface area contributed by atoms with Crippen molar-refractivity contribution in [3.05, 3.63) is 23.8 Å². The van der Waals surface area contributed by atoms with Gasteiger partial charge >= 0.3 is 0 Å². The van der Waals surface area contributed by atoms with Crippen molar-refractivity contribution in [2.45, 2.75) is 45.1 Å². The third-order valence-corrected chi connectivity index (χ3v) is 4.11. The van der Waals surface area contributed by atoms with Gasteiger partial charge in [0.25, 0.3) is 0 Å². The maximum Gasteiger partial charge on any atom is 0.161 e. The summed E-state index contributed by atoms with van der Waals surface area (Å²) in [5.41, 5.74) is 1.23. The molecule has 1 aromatic rings. The zero-order valence-corrected chi connectivity index (χ0v) is 12.1. The van der Waals surface area contributed by atoms with Crippen LogP contribution in [-0.4, -0.2) is 24.9 Å². The van der Waals surface area contributed by atoms with Crippen LogP contribution in [0.4, 0.5) is 0 Å². The second kappa shape index (κ2) is 6.29. The third kappa shape index (κ3) is 3.03. The molecule has 3 heteroatoms. The summed E-state index contributed by atoms with van der Waals surface area (Å²) in [4.78, 5) is 0. The Morgan fingerprint density at radius 1 is 1.32 bits per heavy atom. The molecule has 0 bridgehead atoms. The quantitative estimate of drug-likeness (QED) is 0.801. The maximum atomic E-state index is 9.62. The normalized spacial score (nSPS) is 25.8. The molecule has 1 aliphatic carbocycles. The maximum absolute atomic E-state index is 9.62. The van der Waals surface area contributed by atoms with Gasteiger partial charge in [0.15, 0.2) is 11.5 Å². The average molecular weight is 264 g/mol. The molecule has 1 aromatic carbocycles. The van der Waals surface area contributed by atoms with Crippen molar-refractivity contribution in [2.24, 2.45) is 5.92 Å². The highest BCUT2D eigenvalue weighted by molar-refractivity contribution is 5.44. The zero-order chi connectivity index (χ0) is 13.8. The van der Waals surface area contributed by atoms with Gasteiger partial charge < -0.3 is 14.6 Å². The molecule has 0 spiro atoms. The van der Waals surface area contributed by atoms with Crippen LogP contribution in [0.1, 0.15) is 44.6 Å². The Balaban J connectivity index is 2.07. The number of aliphatic hydroxyl groups excluding tert-OH is 1. The van der Waals surface area contributed by atoms with Crippen LogP contribution in [0.3, 0.4) is 0 Å².